The summed E-state index contributed by atoms with van der Waals surface area (Å²) >= 11 is 0. The van der Waals surface area contributed by atoms with Gasteiger partial charge < -0.3 is 4.85 Å². The standard InChI is InChI=1S/C16H25N/c1-11(2)14-7-6-13(4)16(17-5)9-8-12(3)10-15(14)16/h10-11,13-15H,6-9H2,1-4H3/t13-,14+,15+,16-/m1/s1. The summed E-state index contributed by atoms with van der Waals surface area (Å²) in [6.07, 6.45) is 7.23. The Labute approximate surface area is 106 Å². The lowest BCUT2D eigenvalue weighted by Crippen LogP contribution is -2.50. The number of hydrogen-bond donors (Lipinski definition) is 0. The predicted molar refractivity (Wildman–Crippen MR) is 72.5 cm³/mol. The van der Waals surface area contributed by atoms with E-state index in [1.807, 2.05) is 0 Å². The molecule has 0 unspecified atom stereocenters. The Morgan fingerprint density at radius 3 is 2.71 bits per heavy atom. The zero-order valence-corrected chi connectivity index (χ0v) is 11.7. The quantitative estimate of drug-likeness (QED) is 0.455. The van der Waals surface area contributed by atoms with Crippen molar-refractivity contribution in [3.8, 4) is 0 Å². The predicted octanol–water partition coefficient (Wildman–Crippen LogP) is 4.70. The largest absolute Gasteiger partial charge is 0.309 e. The number of fused-ring (bicyclic) bond motifs is 1. The van der Waals surface area contributed by atoms with Crippen LogP contribution >= 0.6 is 0 Å². The fourth-order valence-corrected chi connectivity index (χ4v) is 4.03. The van der Waals surface area contributed by atoms with Crippen LogP contribution < -0.4 is 0 Å². The lowest BCUT2D eigenvalue weighted by atomic mass is 9.56. The van der Waals surface area contributed by atoms with Crippen LogP contribution in [-0.4, -0.2) is 5.54 Å². The van der Waals surface area contributed by atoms with Gasteiger partial charge in [0.15, 0.2) is 0 Å². The van der Waals surface area contributed by atoms with E-state index in [0.717, 1.165) is 18.8 Å². The number of rotatable bonds is 1. The first-order chi connectivity index (χ1) is 8.01. The SMILES string of the molecule is [C-]#[N+][C@@]12CCC(C)=C[C@H]1[C@H](C(C)C)CC[C@H]2C. The summed E-state index contributed by atoms with van der Waals surface area (Å²) in [5.41, 5.74) is 1.43. The molecule has 1 heteroatoms. The summed E-state index contributed by atoms with van der Waals surface area (Å²) in [7, 11) is 0. The molecule has 0 radical (unpaired) electrons. The first-order valence-electron chi connectivity index (χ1n) is 7.07. The van der Waals surface area contributed by atoms with Crippen LogP contribution in [-0.2, 0) is 0 Å². The third-order valence-electron chi connectivity index (χ3n) is 5.27. The molecular formula is C16H25N. The van der Waals surface area contributed by atoms with Crippen molar-refractivity contribution >= 4 is 0 Å². The molecule has 17 heavy (non-hydrogen) atoms. The van der Waals surface area contributed by atoms with Crippen molar-refractivity contribution in [3.05, 3.63) is 23.1 Å². The van der Waals surface area contributed by atoms with Crippen LogP contribution in [0.15, 0.2) is 11.6 Å². The van der Waals surface area contributed by atoms with E-state index < -0.39 is 0 Å². The van der Waals surface area contributed by atoms with E-state index in [0.29, 0.717) is 17.8 Å². The molecule has 4 atom stereocenters. The minimum Gasteiger partial charge on any atom is -0.309 e. The van der Waals surface area contributed by atoms with Crippen LogP contribution in [0.4, 0.5) is 0 Å². The molecule has 0 N–H and O–H groups in total. The third-order valence-corrected chi connectivity index (χ3v) is 5.27. The Morgan fingerprint density at radius 1 is 1.41 bits per heavy atom. The molecular weight excluding hydrogens is 206 g/mol. The van der Waals surface area contributed by atoms with E-state index in [4.69, 9.17) is 6.57 Å². The van der Waals surface area contributed by atoms with Gasteiger partial charge in [-0.25, -0.2) is 6.57 Å². The summed E-state index contributed by atoms with van der Waals surface area (Å²) in [6.45, 7) is 16.9. The average molecular weight is 231 g/mol. The van der Waals surface area contributed by atoms with E-state index in [1.165, 1.54) is 18.4 Å². The second kappa shape index (κ2) is 4.48. The topological polar surface area (TPSA) is 4.36 Å². The maximum atomic E-state index is 7.74. The van der Waals surface area contributed by atoms with E-state index in [9.17, 15) is 0 Å². The lowest BCUT2D eigenvalue weighted by Gasteiger charge is -2.46. The van der Waals surface area contributed by atoms with Crippen molar-refractivity contribution in [2.75, 3.05) is 0 Å². The highest BCUT2D eigenvalue weighted by atomic mass is 14.9. The summed E-state index contributed by atoms with van der Waals surface area (Å²) in [5.74, 6) is 2.51. The van der Waals surface area contributed by atoms with Crippen LogP contribution in [0.1, 0.15) is 53.4 Å². The van der Waals surface area contributed by atoms with Gasteiger partial charge in [0.05, 0.1) is 5.92 Å². The van der Waals surface area contributed by atoms with E-state index in [2.05, 4.69) is 38.6 Å². The van der Waals surface area contributed by atoms with Gasteiger partial charge in [-0.15, -0.1) is 0 Å². The van der Waals surface area contributed by atoms with Gasteiger partial charge in [-0.05, 0) is 38.0 Å². The van der Waals surface area contributed by atoms with E-state index in [1.54, 1.807) is 0 Å². The molecule has 0 saturated heterocycles. The molecule has 1 nitrogen and oxygen atoms in total. The summed E-state index contributed by atoms with van der Waals surface area (Å²) in [6, 6.07) is 0. The molecule has 0 aromatic heterocycles. The fraction of sp³-hybridized carbons (Fsp3) is 0.812. The monoisotopic (exact) mass is 231 g/mol. The van der Waals surface area contributed by atoms with Crippen molar-refractivity contribution in [1.29, 1.82) is 0 Å². The first kappa shape index (κ1) is 12.7. The highest BCUT2D eigenvalue weighted by Gasteiger charge is 2.56. The van der Waals surface area contributed by atoms with Gasteiger partial charge >= 0.3 is 0 Å². The zero-order valence-electron chi connectivity index (χ0n) is 11.7. The molecule has 0 heterocycles. The van der Waals surface area contributed by atoms with Gasteiger partial charge in [-0.3, -0.25) is 0 Å². The van der Waals surface area contributed by atoms with Gasteiger partial charge in [-0.2, -0.15) is 0 Å². The van der Waals surface area contributed by atoms with Crippen molar-refractivity contribution < 1.29 is 0 Å². The van der Waals surface area contributed by atoms with E-state index in [-0.39, 0.29) is 5.54 Å². The molecule has 2 aliphatic rings. The molecule has 2 aliphatic carbocycles. The fourth-order valence-electron chi connectivity index (χ4n) is 4.03. The maximum Gasteiger partial charge on any atom is 0.241 e. The van der Waals surface area contributed by atoms with Gasteiger partial charge in [-0.1, -0.05) is 32.4 Å². The molecule has 94 valence electrons. The minimum atomic E-state index is -0.0767. The lowest BCUT2D eigenvalue weighted by molar-refractivity contribution is 0.0851. The molecule has 0 spiro atoms. The van der Waals surface area contributed by atoms with Gasteiger partial charge in [0, 0.05) is 12.3 Å². The normalized spacial score (nSPS) is 41.6. The highest BCUT2D eigenvalue weighted by molar-refractivity contribution is 5.23. The van der Waals surface area contributed by atoms with Gasteiger partial charge in [0.25, 0.3) is 0 Å². The second-order valence-electron chi connectivity index (χ2n) is 6.53. The van der Waals surface area contributed by atoms with Crippen LogP contribution in [0.25, 0.3) is 4.85 Å². The molecule has 0 bridgehead atoms. The second-order valence-corrected chi connectivity index (χ2v) is 6.53. The first-order valence-corrected chi connectivity index (χ1v) is 7.07. The Kier molecular flexibility index (Phi) is 3.34. The molecule has 0 aromatic rings. The van der Waals surface area contributed by atoms with Crippen molar-refractivity contribution in [3.63, 3.8) is 0 Å². The van der Waals surface area contributed by atoms with Crippen molar-refractivity contribution in [2.45, 2.75) is 58.9 Å². The Balaban J connectivity index is 2.41. The summed E-state index contributed by atoms with van der Waals surface area (Å²) in [5, 5.41) is 0. The Bertz CT molecular complexity index is 360. The molecule has 1 fully saturated rings. The van der Waals surface area contributed by atoms with Crippen LogP contribution in [0.2, 0.25) is 0 Å². The molecule has 0 aromatic carbocycles. The summed E-state index contributed by atoms with van der Waals surface area (Å²) in [4.78, 5) is 4.15. The summed E-state index contributed by atoms with van der Waals surface area (Å²) < 4.78 is 0. The van der Waals surface area contributed by atoms with Crippen LogP contribution in [0.5, 0.6) is 0 Å². The van der Waals surface area contributed by atoms with Crippen molar-refractivity contribution in [2.24, 2.45) is 23.7 Å². The average Bonchev–Trinajstić information content (AvgIpc) is 2.29. The Hall–Kier alpha value is -0.770. The van der Waals surface area contributed by atoms with E-state index >= 15 is 0 Å². The number of hydrogen-bond acceptors (Lipinski definition) is 0. The third kappa shape index (κ3) is 1.92. The van der Waals surface area contributed by atoms with Gasteiger partial charge in [0.2, 0.25) is 5.54 Å². The molecule has 0 amide bonds. The number of allylic oxidation sites excluding steroid dienone is 1. The van der Waals surface area contributed by atoms with Crippen LogP contribution in [0, 0.1) is 30.2 Å². The van der Waals surface area contributed by atoms with Crippen LogP contribution in [0.3, 0.4) is 0 Å². The number of nitrogens with zero attached hydrogens (tertiary/aromatic N) is 1. The Morgan fingerprint density at radius 2 is 2.12 bits per heavy atom. The molecule has 1 saturated carbocycles. The molecule has 2 rings (SSSR count). The smallest absolute Gasteiger partial charge is 0.241 e. The zero-order chi connectivity index (χ0) is 12.6. The van der Waals surface area contributed by atoms with Gasteiger partial charge in [0.1, 0.15) is 0 Å². The molecule has 0 aliphatic heterocycles. The maximum absolute atomic E-state index is 7.74. The van der Waals surface area contributed by atoms with Crippen molar-refractivity contribution in [1.82, 2.24) is 0 Å². The minimum absolute atomic E-state index is 0.0767. The highest BCUT2D eigenvalue weighted by Crippen LogP contribution is 2.52.